The lowest BCUT2D eigenvalue weighted by Gasteiger charge is -1.92. The molecule has 1 aromatic carbocycles. The normalized spacial score (nSPS) is 9.82. The molecule has 0 aliphatic rings. The summed E-state index contributed by atoms with van der Waals surface area (Å²) in [7, 11) is 0. The molecule has 0 fully saturated rings. The summed E-state index contributed by atoms with van der Waals surface area (Å²) in [6.07, 6.45) is -0.417. The zero-order valence-corrected chi connectivity index (χ0v) is 8.44. The summed E-state index contributed by atoms with van der Waals surface area (Å²) < 4.78 is 0. The summed E-state index contributed by atoms with van der Waals surface area (Å²) in [5.74, 6) is -0.821. The van der Waals surface area contributed by atoms with E-state index in [2.05, 4.69) is 15.2 Å². The Bertz CT molecular complexity index is 489. The van der Waals surface area contributed by atoms with Gasteiger partial charge in [-0.2, -0.15) is 5.26 Å². The summed E-state index contributed by atoms with van der Waals surface area (Å²) in [6, 6.07) is 6.76. The molecule has 0 N–H and O–H groups in total. The molecule has 1 aromatic rings. The van der Waals surface area contributed by atoms with Gasteiger partial charge in [0.2, 0.25) is 0 Å². The van der Waals surface area contributed by atoms with Gasteiger partial charge in [0.25, 0.3) is 5.69 Å². The SMILES string of the molecule is N#CCC(=O)ON=Nc1ccc([N+](=O)[O-])cc1. The van der Waals surface area contributed by atoms with Gasteiger partial charge in [-0.25, -0.2) is 4.79 Å². The van der Waals surface area contributed by atoms with Gasteiger partial charge in [-0.3, -0.25) is 15.0 Å². The Hall–Kier alpha value is -2.82. The molecule has 0 saturated heterocycles. The number of hydrogen-bond acceptors (Lipinski definition) is 7. The molecule has 1 rings (SSSR count). The number of carbonyl (C=O) groups excluding carboxylic acids is 1. The summed E-state index contributed by atoms with van der Waals surface area (Å²) in [5, 5.41) is 25.1. The number of rotatable bonds is 4. The highest BCUT2D eigenvalue weighted by Gasteiger charge is 2.03. The third-order valence-electron chi connectivity index (χ3n) is 1.58. The van der Waals surface area contributed by atoms with Crippen molar-refractivity contribution < 1.29 is 14.6 Å². The fourth-order valence-electron chi connectivity index (χ4n) is 0.851. The van der Waals surface area contributed by atoms with Crippen LogP contribution in [-0.2, 0) is 9.63 Å². The molecule has 0 atom stereocenters. The molecular formula is C9H6N4O4. The summed E-state index contributed by atoms with van der Waals surface area (Å²) in [6.45, 7) is 0. The van der Waals surface area contributed by atoms with Crippen LogP contribution < -0.4 is 0 Å². The van der Waals surface area contributed by atoms with Crippen LogP contribution in [0.15, 0.2) is 34.7 Å². The van der Waals surface area contributed by atoms with Crippen molar-refractivity contribution in [2.45, 2.75) is 6.42 Å². The number of non-ortho nitro benzene ring substituents is 1. The fourth-order valence-corrected chi connectivity index (χ4v) is 0.851. The molecule has 0 heterocycles. The Morgan fingerprint density at radius 2 is 2.12 bits per heavy atom. The van der Waals surface area contributed by atoms with E-state index in [-0.39, 0.29) is 5.69 Å². The Morgan fingerprint density at radius 3 is 2.65 bits per heavy atom. The first-order valence-corrected chi connectivity index (χ1v) is 4.36. The third-order valence-corrected chi connectivity index (χ3v) is 1.58. The Labute approximate surface area is 95.2 Å². The quantitative estimate of drug-likeness (QED) is 0.448. The highest BCUT2D eigenvalue weighted by Crippen LogP contribution is 2.18. The topological polar surface area (TPSA) is 118 Å². The molecular weight excluding hydrogens is 228 g/mol. The van der Waals surface area contributed by atoms with Crippen LogP contribution in [0.3, 0.4) is 0 Å². The van der Waals surface area contributed by atoms with Crippen molar-refractivity contribution in [2.24, 2.45) is 10.4 Å². The summed E-state index contributed by atoms with van der Waals surface area (Å²) in [5.41, 5.74) is 0.214. The van der Waals surface area contributed by atoms with Gasteiger partial charge in [0.05, 0.1) is 16.7 Å². The van der Waals surface area contributed by atoms with Gasteiger partial charge in [-0.15, -0.1) is 5.11 Å². The average Bonchev–Trinajstić information content (AvgIpc) is 2.30. The van der Waals surface area contributed by atoms with E-state index >= 15 is 0 Å². The van der Waals surface area contributed by atoms with E-state index in [0.29, 0.717) is 5.69 Å². The molecule has 0 spiro atoms. The van der Waals surface area contributed by atoms with Crippen molar-refractivity contribution in [3.05, 3.63) is 34.4 Å². The zero-order valence-electron chi connectivity index (χ0n) is 8.44. The molecule has 0 saturated carbocycles. The van der Waals surface area contributed by atoms with Gasteiger partial charge in [0.1, 0.15) is 6.42 Å². The van der Waals surface area contributed by atoms with Gasteiger partial charge >= 0.3 is 5.97 Å². The van der Waals surface area contributed by atoms with Crippen molar-refractivity contribution in [3.8, 4) is 6.07 Å². The maximum Gasteiger partial charge on any atom is 0.350 e. The van der Waals surface area contributed by atoms with Crippen molar-refractivity contribution in [3.63, 3.8) is 0 Å². The second kappa shape index (κ2) is 5.92. The predicted octanol–water partition coefficient (Wildman–Crippen LogP) is 2.05. The second-order valence-corrected chi connectivity index (χ2v) is 2.75. The molecule has 86 valence electrons. The van der Waals surface area contributed by atoms with Crippen LogP contribution in [0, 0.1) is 21.4 Å². The van der Waals surface area contributed by atoms with Crippen molar-refractivity contribution in [1.82, 2.24) is 0 Å². The standard InChI is InChI=1S/C9H6N4O4/c10-6-5-9(14)17-12-11-7-1-3-8(4-2-7)13(15)16/h1-4H,5H2. The first-order chi connectivity index (χ1) is 8.13. The van der Waals surface area contributed by atoms with Gasteiger partial charge in [-0.05, 0) is 12.1 Å². The highest BCUT2D eigenvalue weighted by atomic mass is 16.7. The number of nitro benzene ring substituents is 1. The first kappa shape index (κ1) is 12.3. The fraction of sp³-hybridized carbons (Fsp3) is 0.111. The van der Waals surface area contributed by atoms with Crippen LogP contribution in [0.1, 0.15) is 6.42 Å². The molecule has 8 nitrogen and oxygen atoms in total. The van der Waals surface area contributed by atoms with Gasteiger partial charge in [0, 0.05) is 17.4 Å². The third kappa shape index (κ3) is 4.05. The van der Waals surface area contributed by atoms with E-state index in [4.69, 9.17) is 5.26 Å². The average molecular weight is 234 g/mol. The molecule has 0 radical (unpaired) electrons. The highest BCUT2D eigenvalue weighted by molar-refractivity contribution is 5.71. The van der Waals surface area contributed by atoms with Crippen LogP contribution in [0.5, 0.6) is 0 Å². The lowest BCUT2D eigenvalue weighted by Crippen LogP contribution is -1.95. The number of nitrogens with zero attached hydrogens (tertiary/aromatic N) is 4. The van der Waals surface area contributed by atoms with E-state index in [1.807, 2.05) is 0 Å². The molecule has 0 aliphatic heterocycles. The maximum absolute atomic E-state index is 10.7. The van der Waals surface area contributed by atoms with Crippen molar-refractivity contribution in [2.75, 3.05) is 0 Å². The van der Waals surface area contributed by atoms with Crippen LogP contribution >= 0.6 is 0 Å². The summed E-state index contributed by atoms with van der Waals surface area (Å²) in [4.78, 5) is 24.7. The zero-order chi connectivity index (χ0) is 12.7. The Kier molecular flexibility index (Phi) is 4.26. The molecule has 0 unspecified atom stereocenters. The van der Waals surface area contributed by atoms with Crippen LogP contribution in [0.2, 0.25) is 0 Å². The van der Waals surface area contributed by atoms with E-state index in [0.717, 1.165) is 0 Å². The first-order valence-electron chi connectivity index (χ1n) is 4.36. The monoisotopic (exact) mass is 234 g/mol. The van der Waals surface area contributed by atoms with E-state index in [1.165, 1.54) is 24.3 Å². The van der Waals surface area contributed by atoms with Crippen LogP contribution in [0.4, 0.5) is 11.4 Å². The van der Waals surface area contributed by atoms with Crippen molar-refractivity contribution >= 4 is 17.3 Å². The number of nitriles is 1. The second-order valence-electron chi connectivity index (χ2n) is 2.75. The summed E-state index contributed by atoms with van der Waals surface area (Å²) >= 11 is 0. The van der Waals surface area contributed by atoms with Crippen LogP contribution in [-0.4, -0.2) is 10.9 Å². The predicted molar refractivity (Wildman–Crippen MR) is 53.9 cm³/mol. The number of benzene rings is 1. The molecule has 8 heteroatoms. The molecule has 17 heavy (non-hydrogen) atoms. The molecule has 0 bridgehead atoms. The van der Waals surface area contributed by atoms with E-state index < -0.39 is 17.3 Å². The minimum absolute atomic E-state index is 0.0783. The number of nitro groups is 1. The Morgan fingerprint density at radius 1 is 1.47 bits per heavy atom. The minimum atomic E-state index is -0.821. The lowest BCUT2D eigenvalue weighted by molar-refractivity contribution is -0.384. The van der Waals surface area contributed by atoms with Gasteiger partial charge in [0.15, 0.2) is 0 Å². The molecule has 0 aromatic heterocycles. The molecule has 0 aliphatic carbocycles. The Balaban J connectivity index is 2.58. The van der Waals surface area contributed by atoms with Crippen LogP contribution in [0.25, 0.3) is 0 Å². The lowest BCUT2D eigenvalue weighted by atomic mass is 10.3. The van der Waals surface area contributed by atoms with E-state index in [9.17, 15) is 14.9 Å². The van der Waals surface area contributed by atoms with Gasteiger partial charge in [-0.1, -0.05) is 0 Å². The van der Waals surface area contributed by atoms with Crippen molar-refractivity contribution in [1.29, 1.82) is 5.26 Å². The maximum atomic E-state index is 10.7. The number of carbonyl (C=O) groups is 1. The van der Waals surface area contributed by atoms with E-state index in [1.54, 1.807) is 6.07 Å². The number of hydrogen-bond donors (Lipinski definition) is 0. The smallest absolute Gasteiger partial charge is 0.299 e. The largest absolute Gasteiger partial charge is 0.350 e. The molecule has 0 amide bonds. The minimum Gasteiger partial charge on any atom is -0.299 e. The van der Waals surface area contributed by atoms with Gasteiger partial charge < -0.3 is 0 Å².